The number of carboxylic acid groups (broad SMARTS) is 3. The van der Waals surface area contributed by atoms with Crippen molar-refractivity contribution in [2.75, 3.05) is 77.6 Å². The van der Waals surface area contributed by atoms with E-state index < -0.39 is 37.5 Å². The predicted octanol–water partition coefficient (Wildman–Crippen LogP) is 2.02. The highest BCUT2D eigenvalue weighted by molar-refractivity contribution is 9.10. The number of fused-ring (bicyclic) bond motifs is 4. The Bertz CT molecular complexity index is 1640. The maximum absolute atomic E-state index is 12.9. The molecule has 1 amide bonds. The third kappa shape index (κ3) is 10.3. The van der Waals surface area contributed by atoms with Crippen molar-refractivity contribution in [3.05, 3.63) is 63.6 Å². The van der Waals surface area contributed by atoms with Gasteiger partial charge in [0, 0.05) is 48.8 Å². The minimum absolute atomic E-state index is 0.0224. The van der Waals surface area contributed by atoms with Crippen molar-refractivity contribution in [2.45, 2.75) is 24.8 Å². The standard InChI is InChI=1S/C35H42BrN5O10/c36-27-16-30-29(50-21-51-30)15-26(27)35-24-3-1-2-23(24)25-14-22(4-5-28(25)38-35)6-7-37-31(43)17-40(18-32(44)45)10-8-39(12-13-42)9-11-41(19-33(46)47)20-34(48)49/h1-2,4-5,13-16,23-24,35,38H,3,6-12,17-21H2,(H,37,43)(H,44,45)(H,46,47)(H,48,49). The van der Waals surface area contributed by atoms with Gasteiger partial charge in [-0.1, -0.05) is 40.2 Å². The van der Waals surface area contributed by atoms with Crippen molar-refractivity contribution in [3.63, 3.8) is 0 Å². The van der Waals surface area contributed by atoms with Gasteiger partial charge in [0.2, 0.25) is 12.7 Å². The maximum atomic E-state index is 12.9. The quantitative estimate of drug-likeness (QED) is 0.0968. The van der Waals surface area contributed by atoms with Crippen LogP contribution in [-0.2, 0) is 30.4 Å². The molecule has 0 aromatic heterocycles. The number of aldehydes is 1. The molecular weight excluding hydrogens is 730 g/mol. The number of aliphatic carboxylic acids is 3. The van der Waals surface area contributed by atoms with E-state index >= 15 is 0 Å². The number of nitrogens with one attached hydrogen (secondary N) is 2. The Morgan fingerprint density at radius 2 is 1.49 bits per heavy atom. The van der Waals surface area contributed by atoms with Gasteiger partial charge in [0.05, 0.1) is 38.8 Å². The van der Waals surface area contributed by atoms with E-state index in [0.29, 0.717) is 25.2 Å². The first kappa shape index (κ1) is 37.7. The molecule has 0 saturated heterocycles. The zero-order valence-corrected chi connectivity index (χ0v) is 29.5. The van der Waals surface area contributed by atoms with Crippen molar-refractivity contribution >= 4 is 51.7 Å². The molecule has 3 aliphatic rings. The van der Waals surface area contributed by atoms with Crippen LogP contribution < -0.4 is 20.1 Å². The molecule has 15 nitrogen and oxygen atoms in total. The number of nitrogens with zero attached hydrogens (tertiary/aromatic N) is 3. The lowest BCUT2D eigenvalue weighted by Gasteiger charge is -2.38. The summed E-state index contributed by atoms with van der Waals surface area (Å²) in [5.41, 5.74) is 4.42. The molecule has 274 valence electrons. The van der Waals surface area contributed by atoms with Crippen LogP contribution in [0.5, 0.6) is 11.5 Å². The molecule has 51 heavy (non-hydrogen) atoms. The van der Waals surface area contributed by atoms with Crippen LogP contribution in [-0.4, -0.2) is 132 Å². The van der Waals surface area contributed by atoms with Crippen molar-refractivity contribution in [2.24, 2.45) is 5.92 Å². The summed E-state index contributed by atoms with van der Waals surface area (Å²) in [5, 5.41) is 34.2. The van der Waals surface area contributed by atoms with Crippen molar-refractivity contribution in [3.8, 4) is 11.5 Å². The minimum atomic E-state index is -1.18. The molecule has 3 atom stereocenters. The van der Waals surface area contributed by atoms with Gasteiger partial charge in [0.15, 0.2) is 11.5 Å². The van der Waals surface area contributed by atoms with Crippen LogP contribution in [0.2, 0.25) is 0 Å². The Hall–Kier alpha value is -4.51. The van der Waals surface area contributed by atoms with Crippen molar-refractivity contribution < 1.29 is 48.8 Å². The zero-order chi connectivity index (χ0) is 36.5. The molecule has 2 heterocycles. The topological polar surface area (TPSA) is 198 Å². The second-order valence-corrected chi connectivity index (χ2v) is 13.6. The lowest BCUT2D eigenvalue weighted by atomic mass is 9.76. The van der Waals surface area contributed by atoms with Gasteiger partial charge in [0.25, 0.3) is 0 Å². The summed E-state index contributed by atoms with van der Waals surface area (Å²) in [7, 11) is 0. The highest BCUT2D eigenvalue weighted by atomic mass is 79.9. The molecule has 0 spiro atoms. The fourth-order valence-corrected chi connectivity index (χ4v) is 7.42. The van der Waals surface area contributed by atoms with Gasteiger partial charge in [-0.3, -0.25) is 33.9 Å². The lowest BCUT2D eigenvalue weighted by molar-refractivity contribution is -0.142. The van der Waals surface area contributed by atoms with Crippen molar-refractivity contribution in [1.29, 1.82) is 0 Å². The SMILES string of the molecule is O=CCN(CCN(CC(=O)O)CC(=O)O)CCN(CC(=O)O)CC(=O)NCCc1ccc2c(c1)C1C=CCC1C(c1cc3c(cc1Br)OCO3)N2. The number of halogens is 1. The van der Waals surface area contributed by atoms with Gasteiger partial charge in [0.1, 0.15) is 6.29 Å². The molecule has 3 unspecified atom stereocenters. The molecule has 2 aromatic carbocycles. The molecule has 0 saturated carbocycles. The predicted molar refractivity (Wildman–Crippen MR) is 188 cm³/mol. The molecule has 1 aliphatic carbocycles. The first-order valence-electron chi connectivity index (χ1n) is 16.7. The van der Waals surface area contributed by atoms with E-state index in [4.69, 9.17) is 19.7 Å². The molecule has 16 heteroatoms. The van der Waals surface area contributed by atoms with Crippen LogP contribution in [0.1, 0.15) is 35.1 Å². The molecule has 5 rings (SSSR count). The van der Waals surface area contributed by atoms with Crippen LogP contribution >= 0.6 is 15.9 Å². The summed E-state index contributed by atoms with van der Waals surface area (Å²) in [5.74, 6) is -1.83. The van der Waals surface area contributed by atoms with Crippen LogP contribution in [0.25, 0.3) is 0 Å². The van der Waals surface area contributed by atoms with E-state index in [1.807, 2.05) is 18.2 Å². The number of carboxylic acids is 3. The number of ether oxygens (including phenoxy) is 2. The third-order valence-corrected chi connectivity index (χ3v) is 9.92. The Balaban J connectivity index is 1.14. The van der Waals surface area contributed by atoms with E-state index in [9.17, 15) is 29.1 Å². The first-order valence-corrected chi connectivity index (χ1v) is 17.5. The van der Waals surface area contributed by atoms with E-state index in [-0.39, 0.29) is 63.9 Å². The highest BCUT2D eigenvalue weighted by Gasteiger charge is 2.39. The van der Waals surface area contributed by atoms with Gasteiger partial charge in [-0.05, 0) is 53.6 Å². The van der Waals surface area contributed by atoms with Crippen LogP contribution in [0, 0.1) is 5.92 Å². The Morgan fingerprint density at radius 3 is 2.14 bits per heavy atom. The van der Waals surface area contributed by atoms with E-state index in [1.54, 1.807) is 4.90 Å². The second-order valence-electron chi connectivity index (χ2n) is 12.8. The number of carbonyl (C=O) groups is 5. The summed E-state index contributed by atoms with van der Waals surface area (Å²) >= 11 is 3.73. The number of hydrogen-bond donors (Lipinski definition) is 5. The zero-order valence-electron chi connectivity index (χ0n) is 28.0. The fraction of sp³-hybridized carbons (Fsp3) is 0.457. The first-order chi connectivity index (χ1) is 24.5. The molecule has 5 N–H and O–H groups in total. The maximum Gasteiger partial charge on any atom is 0.317 e. The van der Waals surface area contributed by atoms with Crippen molar-refractivity contribution in [1.82, 2.24) is 20.0 Å². The molecule has 2 aliphatic heterocycles. The summed E-state index contributed by atoms with van der Waals surface area (Å²) in [6, 6.07) is 10.4. The summed E-state index contributed by atoms with van der Waals surface area (Å²) in [4.78, 5) is 62.3. The Labute approximate surface area is 303 Å². The van der Waals surface area contributed by atoms with Gasteiger partial charge >= 0.3 is 17.9 Å². The normalized spacial score (nSPS) is 18.4. The number of amides is 1. The van der Waals surface area contributed by atoms with Gasteiger partial charge in [-0.25, -0.2) is 0 Å². The number of anilines is 1. The largest absolute Gasteiger partial charge is 0.480 e. The van der Waals surface area contributed by atoms with Gasteiger partial charge in [-0.15, -0.1) is 0 Å². The van der Waals surface area contributed by atoms with E-state index in [0.717, 1.165) is 39.2 Å². The summed E-state index contributed by atoms with van der Waals surface area (Å²) < 4.78 is 12.2. The van der Waals surface area contributed by atoms with Gasteiger partial charge < -0.3 is 40.2 Å². The average Bonchev–Trinajstić information content (AvgIpc) is 3.74. The van der Waals surface area contributed by atoms with Gasteiger partial charge in [-0.2, -0.15) is 0 Å². The third-order valence-electron chi connectivity index (χ3n) is 9.23. The van der Waals surface area contributed by atoms with Crippen LogP contribution in [0.15, 0.2) is 47.0 Å². The van der Waals surface area contributed by atoms with Crippen LogP contribution in [0.3, 0.4) is 0 Å². The Morgan fingerprint density at radius 1 is 0.863 bits per heavy atom. The molecule has 0 bridgehead atoms. The monoisotopic (exact) mass is 771 g/mol. The summed E-state index contributed by atoms with van der Waals surface area (Å²) in [6.45, 7) is -0.396. The molecule has 0 radical (unpaired) electrons. The molecule has 2 aromatic rings. The summed E-state index contributed by atoms with van der Waals surface area (Å²) in [6.07, 6.45) is 6.65. The van der Waals surface area contributed by atoms with E-state index in [2.05, 4.69) is 50.8 Å². The number of hydrogen-bond acceptors (Lipinski definition) is 11. The molecular formula is C35H42BrN5O10. The average molecular weight is 773 g/mol. The molecule has 0 fully saturated rings. The smallest absolute Gasteiger partial charge is 0.317 e. The van der Waals surface area contributed by atoms with E-state index in [1.165, 1.54) is 15.4 Å². The number of rotatable bonds is 20. The fourth-order valence-electron chi connectivity index (χ4n) is 6.85. The van der Waals surface area contributed by atoms with Crippen LogP contribution in [0.4, 0.5) is 5.69 Å². The Kier molecular flexibility index (Phi) is 13.0. The lowest BCUT2D eigenvalue weighted by Crippen LogP contribution is -2.46. The number of allylic oxidation sites excluding steroid dienone is 2. The highest BCUT2D eigenvalue weighted by Crippen LogP contribution is 2.52. The number of benzene rings is 2. The minimum Gasteiger partial charge on any atom is -0.480 e. The number of carbonyl (C=O) groups excluding carboxylic acids is 2. The second kappa shape index (κ2) is 17.6.